The molecule has 0 atom stereocenters. The lowest BCUT2D eigenvalue weighted by Gasteiger charge is -2.19. The van der Waals surface area contributed by atoms with E-state index in [9.17, 15) is 0 Å². The summed E-state index contributed by atoms with van der Waals surface area (Å²) in [5.74, 6) is 0.831. The molecule has 0 spiro atoms. The van der Waals surface area contributed by atoms with Gasteiger partial charge in [0.05, 0.1) is 12.1 Å². The van der Waals surface area contributed by atoms with Gasteiger partial charge in [-0.2, -0.15) is 4.98 Å². The quantitative estimate of drug-likeness (QED) is 0.782. The van der Waals surface area contributed by atoms with E-state index >= 15 is 0 Å². The molecule has 4 nitrogen and oxygen atoms in total. The third-order valence-corrected chi connectivity index (χ3v) is 2.72. The molecule has 0 saturated heterocycles. The average molecular weight is 252 g/mol. The zero-order valence-corrected chi connectivity index (χ0v) is 10.6. The predicted molar refractivity (Wildman–Crippen MR) is 69.7 cm³/mol. The van der Waals surface area contributed by atoms with Gasteiger partial charge in [-0.15, -0.1) is 0 Å². The van der Waals surface area contributed by atoms with Crippen LogP contribution >= 0.6 is 11.6 Å². The van der Waals surface area contributed by atoms with E-state index in [0.29, 0.717) is 6.61 Å². The van der Waals surface area contributed by atoms with Crippen molar-refractivity contribution in [2.45, 2.75) is 0 Å². The van der Waals surface area contributed by atoms with Gasteiger partial charge in [0.2, 0.25) is 5.28 Å². The molecule has 17 heavy (non-hydrogen) atoms. The van der Waals surface area contributed by atoms with E-state index in [1.807, 2.05) is 36.2 Å². The van der Waals surface area contributed by atoms with Crippen LogP contribution in [-0.2, 0) is 4.74 Å². The summed E-state index contributed by atoms with van der Waals surface area (Å²) in [6, 6.07) is 7.82. The summed E-state index contributed by atoms with van der Waals surface area (Å²) >= 11 is 5.92. The molecule has 0 saturated carbocycles. The highest BCUT2D eigenvalue weighted by molar-refractivity contribution is 6.28. The van der Waals surface area contributed by atoms with Gasteiger partial charge in [-0.25, -0.2) is 4.98 Å². The van der Waals surface area contributed by atoms with Crippen molar-refractivity contribution in [1.29, 1.82) is 0 Å². The van der Waals surface area contributed by atoms with Crippen molar-refractivity contribution in [3.05, 3.63) is 29.5 Å². The zero-order valence-electron chi connectivity index (χ0n) is 9.85. The molecular formula is C12H14ClN3O. The number of rotatable bonds is 4. The highest BCUT2D eigenvalue weighted by Crippen LogP contribution is 2.24. The van der Waals surface area contributed by atoms with Crippen LogP contribution in [0.4, 0.5) is 5.82 Å². The number of fused-ring (bicyclic) bond motifs is 1. The fourth-order valence-corrected chi connectivity index (χ4v) is 1.83. The standard InChI is InChI=1S/C12H14ClN3O/c1-16(7-8-17-2)11-9-5-3-4-6-10(9)14-12(13)15-11/h3-6H,7-8H2,1-2H3. The normalized spacial score (nSPS) is 10.8. The largest absolute Gasteiger partial charge is 0.383 e. The van der Waals surface area contributed by atoms with E-state index in [4.69, 9.17) is 16.3 Å². The summed E-state index contributed by atoms with van der Waals surface area (Å²) in [5, 5.41) is 1.26. The molecular weight excluding hydrogens is 238 g/mol. The Hall–Kier alpha value is -1.39. The Morgan fingerprint density at radius 1 is 1.29 bits per heavy atom. The van der Waals surface area contributed by atoms with Crippen LogP contribution in [-0.4, -0.2) is 37.3 Å². The summed E-state index contributed by atoms with van der Waals surface area (Å²) in [6.45, 7) is 1.40. The molecule has 0 aliphatic carbocycles. The Balaban J connectivity index is 2.44. The first-order chi connectivity index (χ1) is 8.22. The van der Waals surface area contributed by atoms with Gasteiger partial charge in [-0.05, 0) is 23.7 Å². The topological polar surface area (TPSA) is 38.2 Å². The van der Waals surface area contributed by atoms with Gasteiger partial charge >= 0.3 is 0 Å². The second kappa shape index (κ2) is 5.29. The summed E-state index contributed by atoms with van der Waals surface area (Å²) in [5.41, 5.74) is 0.853. The zero-order chi connectivity index (χ0) is 12.3. The maximum Gasteiger partial charge on any atom is 0.224 e. The number of methoxy groups -OCH3 is 1. The van der Waals surface area contributed by atoms with Crippen molar-refractivity contribution in [3.8, 4) is 0 Å². The Labute approximate surface area is 105 Å². The molecule has 2 aromatic rings. The monoisotopic (exact) mass is 251 g/mol. The van der Waals surface area contributed by atoms with E-state index < -0.39 is 0 Å². The first-order valence-electron chi connectivity index (χ1n) is 5.34. The number of benzene rings is 1. The summed E-state index contributed by atoms with van der Waals surface area (Å²) < 4.78 is 5.06. The molecule has 0 radical (unpaired) electrons. The van der Waals surface area contributed by atoms with E-state index in [0.717, 1.165) is 23.3 Å². The number of nitrogens with zero attached hydrogens (tertiary/aromatic N) is 3. The van der Waals surface area contributed by atoms with Crippen LogP contribution in [0.3, 0.4) is 0 Å². The lowest BCUT2D eigenvalue weighted by atomic mass is 10.2. The minimum absolute atomic E-state index is 0.267. The van der Waals surface area contributed by atoms with Crippen molar-refractivity contribution in [2.75, 3.05) is 32.2 Å². The Morgan fingerprint density at radius 3 is 2.82 bits per heavy atom. The molecule has 0 bridgehead atoms. The molecule has 5 heteroatoms. The van der Waals surface area contributed by atoms with Gasteiger partial charge in [0.1, 0.15) is 5.82 Å². The molecule has 0 aliphatic rings. The second-order valence-corrected chi connectivity index (χ2v) is 4.09. The molecule has 1 aromatic heterocycles. The highest BCUT2D eigenvalue weighted by Gasteiger charge is 2.09. The fraction of sp³-hybridized carbons (Fsp3) is 0.333. The first kappa shape index (κ1) is 12.1. The third kappa shape index (κ3) is 2.65. The molecule has 2 rings (SSSR count). The molecule has 0 aliphatic heterocycles. The van der Waals surface area contributed by atoms with Crippen LogP contribution in [0.25, 0.3) is 10.9 Å². The van der Waals surface area contributed by atoms with Gasteiger partial charge in [0.25, 0.3) is 0 Å². The highest BCUT2D eigenvalue weighted by atomic mass is 35.5. The lowest BCUT2D eigenvalue weighted by molar-refractivity contribution is 0.206. The van der Waals surface area contributed by atoms with Crippen molar-refractivity contribution in [2.24, 2.45) is 0 Å². The first-order valence-corrected chi connectivity index (χ1v) is 5.72. The number of anilines is 1. The average Bonchev–Trinajstić information content (AvgIpc) is 2.34. The number of halogens is 1. The lowest BCUT2D eigenvalue weighted by Crippen LogP contribution is -2.23. The summed E-state index contributed by atoms with van der Waals surface area (Å²) in [4.78, 5) is 10.5. The van der Waals surface area contributed by atoms with Crippen LogP contribution in [0.5, 0.6) is 0 Å². The third-order valence-electron chi connectivity index (χ3n) is 2.55. The number of likely N-dealkylation sites (N-methyl/N-ethyl adjacent to an activating group) is 1. The van der Waals surface area contributed by atoms with E-state index in [-0.39, 0.29) is 5.28 Å². The Morgan fingerprint density at radius 2 is 2.06 bits per heavy atom. The molecule has 0 N–H and O–H groups in total. The van der Waals surface area contributed by atoms with Gasteiger partial charge in [0, 0.05) is 26.1 Å². The van der Waals surface area contributed by atoms with E-state index in [2.05, 4.69) is 9.97 Å². The smallest absolute Gasteiger partial charge is 0.224 e. The molecule has 0 unspecified atom stereocenters. The fourth-order valence-electron chi connectivity index (χ4n) is 1.66. The van der Waals surface area contributed by atoms with Crippen LogP contribution < -0.4 is 4.90 Å². The number of ether oxygens (including phenoxy) is 1. The second-order valence-electron chi connectivity index (χ2n) is 3.75. The maximum absolute atomic E-state index is 5.92. The molecule has 1 heterocycles. The van der Waals surface area contributed by atoms with E-state index in [1.54, 1.807) is 7.11 Å². The Bertz CT molecular complexity index is 518. The minimum atomic E-state index is 0.267. The number of para-hydroxylation sites is 1. The van der Waals surface area contributed by atoms with Crippen molar-refractivity contribution in [3.63, 3.8) is 0 Å². The van der Waals surface area contributed by atoms with Crippen molar-refractivity contribution in [1.82, 2.24) is 9.97 Å². The van der Waals surface area contributed by atoms with Gasteiger partial charge in [-0.3, -0.25) is 0 Å². The molecule has 0 fully saturated rings. The van der Waals surface area contributed by atoms with Crippen LogP contribution in [0.2, 0.25) is 5.28 Å². The maximum atomic E-state index is 5.92. The van der Waals surface area contributed by atoms with Crippen LogP contribution in [0.1, 0.15) is 0 Å². The number of hydrogen-bond donors (Lipinski definition) is 0. The van der Waals surface area contributed by atoms with Gasteiger partial charge in [0.15, 0.2) is 0 Å². The van der Waals surface area contributed by atoms with Crippen LogP contribution in [0, 0.1) is 0 Å². The molecule has 1 aromatic carbocycles. The summed E-state index contributed by atoms with van der Waals surface area (Å²) in [7, 11) is 3.64. The van der Waals surface area contributed by atoms with E-state index in [1.165, 1.54) is 0 Å². The minimum Gasteiger partial charge on any atom is -0.383 e. The van der Waals surface area contributed by atoms with Gasteiger partial charge < -0.3 is 9.64 Å². The van der Waals surface area contributed by atoms with Gasteiger partial charge in [-0.1, -0.05) is 12.1 Å². The SMILES string of the molecule is COCCN(C)c1nc(Cl)nc2ccccc12. The number of aromatic nitrogens is 2. The predicted octanol–water partition coefficient (Wildman–Crippen LogP) is 2.37. The van der Waals surface area contributed by atoms with Crippen LogP contribution in [0.15, 0.2) is 24.3 Å². The Kier molecular flexibility index (Phi) is 3.76. The molecule has 0 amide bonds. The van der Waals surface area contributed by atoms with Crippen molar-refractivity contribution < 1.29 is 4.74 Å². The van der Waals surface area contributed by atoms with Crippen molar-refractivity contribution >= 4 is 28.3 Å². The summed E-state index contributed by atoms with van der Waals surface area (Å²) in [6.07, 6.45) is 0. The number of hydrogen-bond acceptors (Lipinski definition) is 4. The molecule has 90 valence electrons.